The van der Waals surface area contributed by atoms with E-state index in [1.807, 2.05) is 13.8 Å². The van der Waals surface area contributed by atoms with E-state index in [9.17, 15) is 9.90 Å². The molecule has 0 aliphatic heterocycles. The lowest BCUT2D eigenvalue weighted by Crippen LogP contribution is -2.13. The average Bonchev–Trinajstić information content (AvgIpc) is 3.35. The minimum atomic E-state index is -1.12. The lowest BCUT2D eigenvalue weighted by atomic mass is 9.93. The summed E-state index contributed by atoms with van der Waals surface area (Å²) in [6.07, 6.45) is 2.83. The van der Waals surface area contributed by atoms with Crippen LogP contribution >= 0.6 is 0 Å². The molecule has 182 valence electrons. The minimum Gasteiger partial charge on any atom is -0.493 e. The Balaban J connectivity index is 2.06. The maximum atomic E-state index is 12.6. The molecule has 35 heavy (non-hydrogen) atoms. The lowest BCUT2D eigenvalue weighted by Gasteiger charge is -2.19. The van der Waals surface area contributed by atoms with Gasteiger partial charge >= 0.3 is 5.97 Å². The van der Waals surface area contributed by atoms with E-state index in [-0.39, 0.29) is 18.2 Å². The van der Waals surface area contributed by atoms with Crippen molar-refractivity contribution in [3.8, 4) is 34.1 Å². The lowest BCUT2D eigenvalue weighted by molar-refractivity contribution is 0.0696. The Morgan fingerprint density at radius 2 is 1.69 bits per heavy atom. The van der Waals surface area contributed by atoms with Gasteiger partial charge in [-0.05, 0) is 37.6 Å². The summed E-state index contributed by atoms with van der Waals surface area (Å²) >= 11 is 0. The van der Waals surface area contributed by atoms with Gasteiger partial charge in [0, 0.05) is 17.0 Å². The summed E-state index contributed by atoms with van der Waals surface area (Å²) in [5.74, 6) is 0.849. The van der Waals surface area contributed by atoms with Crippen LogP contribution in [-0.4, -0.2) is 58.3 Å². The molecule has 0 aliphatic carbocycles. The molecule has 10 heteroatoms. The van der Waals surface area contributed by atoms with Gasteiger partial charge < -0.3 is 24.1 Å². The zero-order valence-corrected chi connectivity index (χ0v) is 20.1. The van der Waals surface area contributed by atoms with Gasteiger partial charge in [-0.1, -0.05) is 6.07 Å². The van der Waals surface area contributed by atoms with Gasteiger partial charge in [0.2, 0.25) is 0 Å². The number of aromatic nitrogens is 4. The standard InChI is InChI=1S/C25H26N4O6/c1-14(2)35-19-7-6-15(8-20(19)32-3)23-16-9-21(33-4)22(34-5)10-17(16)28-18(24(23)25(30)31)11-29-13-26-12-27-29/h6-10,12-14H,11H2,1-5H3,(H,30,31). The van der Waals surface area contributed by atoms with Crippen LogP contribution in [0.15, 0.2) is 43.0 Å². The summed E-state index contributed by atoms with van der Waals surface area (Å²) in [5, 5.41) is 15.0. The van der Waals surface area contributed by atoms with Gasteiger partial charge in [-0.3, -0.25) is 0 Å². The van der Waals surface area contributed by atoms with E-state index < -0.39 is 5.97 Å². The van der Waals surface area contributed by atoms with E-state index in [1.54, 1.807) is 37.4 Å². The van der Waals surface area contributed by atoms with Crippen LogP contribution in [0.3, 0.4) is 0 Å². The van der Waals surface area contributed by atoms with Crippen LogP contribution in [0.4, 0.5) is 0 Å². The van der Waals surface area contributed by atoms with Crippen molar-refractivity contribution in [1.82, 2.24) is 19.7 Å². The molecule has 0 atom stereocenters. The summed E-state index contributed by atoms with van der Waals surface area (Å²) in [6.45, 7) is 3.95. The molecule has 0 bridgehead atoms. The predicted molar refractivity (Wildman–Crippen MR) is 129 cm³/mol. The van der Waals surface area contributed by atoms with Crippen molar-refractivity contribution < 1.29 is 28.8 Å². The molecule has 0 saturated carbocycles. The molecule has 4 rings (SSSR count). The highest BCUT2D eigenvalue weighted by Crippen LogP contribution is 2.41. The van der Waals surface area contributed by atoms with Gasteiger partial charge in [0.25, 0.3) is 0 Å². The number of benzene rings is 2. The highest BCUT2D eigenvalue weighted by atomic mass is 16.5. The Kier molecular flexibility index (Phi) is 6.72. The second-order valence-corrected chi connectivity index (χ2v) is 7.96. The molecule has 0 amide bonds. The highest BCUT2D eigenvalue weighted by Gasteiger charge is 2.25. The van der Waals surface area contributed by atoms with Crippen LogP contribution in [0, 0.1) is 0 Å². The van der Waals surface area contributed by atoms with Gasteiger partial charge in [0.1, 0.15) is 12.7 Å². The zero-order chi connectivity index (χ0) is 25.1. The number of fused-ring (bicyclic) bond motifs is 1. The maximum absolute atomic E-state index is 12.6. The Hall–Kier alpha value is -4.34. The molecule has 1 N–H and O–H groups in total. The number of carboxylic acids is 1. The van der Waals surface area contributed by atoms with E-state index in [0.717, 1.165) is 0 Å². The van der Waals surface area contributed by atoms with Crippen molar-refractivity contribution >= 4 is 16.9 Å². The summed E-state index contributed by atoms with van der Waals surface area (Å²) in [7, 11) is 4.60. The number of hydrogen-bond acceptors (Lipinski definition) is 8. The molecule has 0 unspecified atom stereocenters. The second-order valence-electron chi connectivity index (χ2n) is 7.96. The Labute approximate surface area is 202 Å². The van der Waals surface area contributed by atoms with E-state index in [1.165, 1.54) is 31.6 Å². The molecule has 0 aliphatic rings. The fourth-order valence-electron chi connectivity index (χ4n) is 3.93. The molecule has 2 aromatic heterocycles. The van der Waals surface area contributed by atoms with E-state index in [0.29, 0.717) is 50.7 Å². The van der Waals surface area contributed by atoms with Crippen LogP contribution in [0.1, 0.15) is 29.9 Å². The molecule has 10 nitrogen and oxygen atoms in total. The highest BCUT2D eigenvalue weighted by molar-refractivity contribution is 6.08. The SMILES string of the molecule is COc1cc2nc(Cn3cncn3)c(C(=O)O)c(-c3ccc(OC(C)C)c(OC)c3)c2cc1OC. The smallest absolute Gasteiger partial charge is 0.338 e. The molecule has 0 radical (unpaired) electrons. The quantitative estimate of drug-likeness (QED) is 0.380. The molecule has 0 saturated heterocycles. The molecular formula is C25H26N4O6. The summed E-state index contributed by atoms with van der Waals surface area (Å²) in [6, 6.07) is 8.78. The third-order valence-electron chi connectivity index (χ3n) is 5.37. The molecule has 2 heterocycles. The zero-order valence-electron chi connectivity index (χ0n) is 20.1. The minimum absolute atomic E-state index is 0.0415. The molecule has 4 aromatic rings. The van der Waals surface area contributed by atoms with Crippen molar-refractivity contribution in [3.05, 3.63) is 54.2 Å². The number of aromatic carboxylic acids is 1. The van der Waals surface area contributed by atoms with E-state index >= 15 is 0 Å². The number of carboxylic acid groups (broad SMARTS) is 1. The first-order valence-electron chi connectivity index (χ1n) is 10.9. The number of methoxy groups -OCH3 is 3. The Morgan fingerprint density at radius 3 is 2.29 bits per heavy atom. The van der Waals surface area contributed by atoms with E-state index in [2.05, 4.69) is 15.1 Å². The molecule has 0 spiro atoms. The number of carbonyl (C=O) groups is 1. The summed E-state index contributed by atoms with van der Waals surface area (Å²) < 4.78 is 23.9. The Morgan fingerprint density at radius 1 is 1.00 bits per heavy atom. The van der Waals surface area contributed by atoms with Gasteiger partial charge in [0.05, 0.1) is 50.8 Å². The first-order chi connectivity index (χ1) is 16.9. The van der Waals surface area contributed by atoms with Crippen molar-refractivity contribution in [2.45, 2.75) is 26.5 Å². The molecule has 0 fully saturated rings. The fraction of sp³-hybridized carbons (Fsp3) is 0.280. The third kappa shape index (κ3) is 4.68. The largest absolute Gasteiger partial charge is 0.493 e. The van der Waals surface area contributed by atoms with Crippen molar-refractivity contribution in [1.29, 1.82) is 0 Å². The van der Waals surface area contributed by atoms with Gasteiger partial charge in [-0.2, -0.15) is 5.10 Å². The number of pyridine rings is 1. The van der Waals surface area contributed by atoms with Crippen molar-refractivity contribution in [3.63, 3.8) is 0 Å². The Bertz CT molecular complexity index is 1370. The third-order valence-corrected chi connectivity index (χ3v) is 5.37. The first kappa shape index (κ1) is 23.8. The maximum Gasteiger partial charge on any atom is 0.338 e. The molecule has 2 aromatic carbocycles. The monoisotopic (exact) mass is 478 g/mol. The number of hydrogen-bond donors (Lipinski definition) is 1. The van der Waals surface area contributed by atoms with E-state index in [4.69, 9.17) is 18.9 Å². The van der Waals surface area contributed by atoms with Gasteiger partial charge in [-0.15, -0.1) is 0 Å². The van der Waals surface area contributed by atoms with Crippen LogP contribution in [0.5, 0.6) is 23.0 Å². The van der Waals surface area contributed by atoms with Crippen molar-refractivity contribution in [2.24, 2.45) is 0 Å². The van der Waals surface area contributed by atoms with Crippen LogP contribution < -0.4 is 18.9 Å². The normalized spacial score (nSPS) is 11.0. The van der Waals surface area contributed by atoms with Crippen LogP contribution in [0.2, 0.25) is 0 Å². The number of nitrogens with zero attached hydrogens (tertiary/aromatic N) is 4. The van der Waals surface area contributed by atoms with Crippen LogP contribution in [-0.2, 0) is 6.54 Å². The predicted octanol–water partition coefficient (Wildman–Crippen LogP) is 4.05. The fourth-order valence-corrected chi connectivity index (χ4v) is 3.93. The molecular weight excluding hydrogens is 452 g/mol. The second kappa shape index (κ2) is 9.88. The topological polar surface area (TPSA) is 118 Å². The number of rotatable bonds is 9. The average molecular weight is 479 g/mol. The van der Waals surface area contributed by atoms with Gasteiger partial charge in [0.15, 0.2) is 23.0 Å². The summed E-state index contributed by atoms with van der Waals surface area (Å²) in [4.78, 5) is 21.3. The van der Waals surface area contributed by atoms with Crippen LogP contribution in [0.25, 0.3) is 22.0 Å². The summed E-state index contributed by atoms with van der Waals surface area (Å²) in [5.41, 5.74) is 1.99. The van der Waals surface area contributed by atoms with Gasteiger partial charge in [-0.25, -0.2) is 19.4 Å². The first-order valence-corrected chi connectivity index (χ1v) is 10.9. The number of ether oxygens (including phenoxy) is 4. The van der Waals surface area contributed by atoms with Crippen molar-refractivity contribution in [2.75, 3.05) is 21.3 Å².